The first-order chi connectivity index (χ1) is 7.92. The molecule has 1 heterocycles. The Labute approximate surface area is 98.5 Å². The normalized spacial score (nSPS) is 21.0. The third-order valence-electron chi connectivity index (χ3n) is 4.02. The van der Waals surface area contributed by atoms with Crippen molar-refractivity contribution in [1.82, 2.24) is 4.90 Å². The van der Waals surface area contributed by atoms with Crippen LogP contribution in [0.1, 0.15) is 42.4 Å². The summed E-state index contributed by atoms with van der Waals surface area (Å²) in [5.74, 6) is 0. The Kier molecular flexibility index (Phi) is 2.96. The van der Waals surface area contributed by atoms with Crippen molar-refractivity contribution in [3.63, 3.8) is 0 Å². The van der Waals surface area contributed by atoms with Gasteiger partial charge in [0.2, 0.25) is 0 Å². The zero-order valence-corrected chi connectivity index (χ0v) is 10.0. The van der Waals surface area contributed by atoms with E-state index in [2.05, 4.69) is 23.1 Å². The maximum atomic E-state index is 2.59. The average molecular weight is 215 g/mol. The van der Waals surface area contributed by atoms with E-state index in [1.54, 1.807) is 11.1 Å². The van der Waals surface area contributed by atoms with Crippen molar-refractivity contribution in [1.29, 1.82) is 0 Å². The Morgan fingerprint density at radius 1 is 0.875 bits per heavy atom. The van der Waals surface area contributed by atoms with Crippen molar-refractivity contribution < 1.29 is 0 Å². The molecule has 0 aromatic heterocycles. The Morgan fingerprint density at radius 2 is 1.62 bits per heavy atom. The van der Waals surface area contributed by atoms with Crippen LogP contribution >= 0.6 is 0 Å². The number of rotatable bonds is 2. The molecule has 0 radical (unpaired) electrons. The molecule has 1 aromatic rings. The molecule has 1 aliphatic heterocycles. The fourth-order valence-corrected chi connectivity index (χ4v) is 3.08. The summed E-state index contributed by atoms with van der Waals surface area (Å²) in [6.45, 7) is 3.78. The van der Waals surface area contributed by atoms with Crippen LogP contribution in [0.3, 0.4) is 0 Å². The molecule has 0 bridgehead atoms. The van der Waals surface area contributed by atoms with Crippen LogP contribution in [0, 0.1) is 0 Å². The van der Waals surface area contributed by atoms with E-state index in [9.17, 15) is 0 Å². The van der Waals surface area contributed by atoms with Gasteiger partial charge in [0.1, 0.15) is 0 Å². The van der Waals surface area contributed by atoms with Gasteiger partial charge in [-0.2, -0.15) is 0 Å². The largest absolute Gasteiger partial charge is 0.299 e. The zero-order valence-electron chi connectivity index (χ0n) is 10.0. The van der Waals surface area contributed by atoms with Gasteiger partial charge in [-0.25, -0.2) is 0 Å². The van der Waals surface area contributed by atoms with E-state index in [1.807, 2.05) is 0 Å². The molecule has 1 aliphatic carbocycles. The fraction of sp³-hybridized carbons (Fsp3) is 0.600. The first kappa shape index (κ1) is 10.3. The van der Waals surface area contributed by atoms with Gasteiger partial charge >= 0.3 is 0 Å². The maximum absolute atomic E-state index is 2.59. The lowest BCUT2D eigenvalue weighted by atomic mass is 9.90. The topological polar surface area (TPSA) is 3.24 Å². The number of aryl methyl sites for hydroxylation is 2. The van der Waals surface area contributed by atoms with Crippen molar-refractivity contribution in [2.75, 3.05) is 13.1 Å². The predicted octanol–water partition coefficient (Wildman–Crippen LogP) is 3.16. The summed E-state index contributed by atoms with van der Waals surface area (Å²) >= 11 is 0. The third kappa shape index (κ3) is 2.15. The van der Waals surface area contributed by atoms with E-state index >= 15 is 0 Å². The van der Waals surface area contributed by atoms with Gasteiger partial charge in [-0.15, -0.1) is 0 Å². The molecule has 1 aromatic carbocycles. The Bertz CT molecular complexity index is 364. The lowest BCUT2D eigenvalue weighted by Crippen LogP contribution is -2.18. The zero-order chi connectivity index (χ0) is 10.8. The second-order valence-corrected chi connectivity index (χ2v) is 5.29. The van der Waals surface area contributed by atoms with E-state index in [-0.39, 0.29) is 0 Å². The molecule has 0 unspecified atom stereocenters. The Morgan fingerprint density at radius 3 is 2.44 bits per heavy atom. The molecule has 0 saturated carbocycles. The quantitative estimate of drug-likeness (QED) is 0.732. The molecule has 16 heavy (non-hydrogen) atoms. The van der Waals surface area contributed by atoms with Crippen molar-refractivity contribution in [3.8, 4) is 0 Å². The van der Waals surface area contributed by atoms with E-state index in [0.29, 0.717) is 0 Å². The summed E-state index contributed by atoms with van der Waals surface area (Å²) in [6, 6.07) is 7.19. The first-order valence-corrected chi connectivity index (χ1v) is 6.75. The predicted molar refractivity (Wildman–Crippen MR) is 67.6 cm³/mol. The minimum Gasteiger partial charge on any atom is -0.299 e. The average Bonchev–Trinajstić information content (AvgIpc) is 2.82. The van der Waals surface area contributed by atoms with Gasteiger partial charge in [-0.05, 0) is 68.3 Å². The van der Waals surface area contributed by atoms with E-state index in [0.717, 1.165) is 0 Å². The van der Waals surface area contributed by atoms with Gasteiger partial charge < -0.3 is 0 Å². The lowest BCUT2D eigenvalue weighted by molar-refractivity contribution is 0.331. The van der Waals surface area contributed by atoms with Crippen LogP contribution in [0.15, 0.2) is 18.2 Å². The molecule has 0 spiro atoms. The molecule has 86 valence electrons. The number of hydrogen-bond acceptors (Lipinski definition) is 1. The molecule has 1 saturated heterocycles. The van der Waals surface area contributed by atoms with Gasteiger partial charge in [-0.3, -0.25) is 4.90 Å². The molecule has 1 nitrogen and oxygen atoms in total. The minimum absolute atomic E-state index is 1.17. The van der Waals surface area contributed by atoms with Crippen molar-refractivity contribution in [2.45, 2.75) is 45.1 Å². The van der Waals surface area contributed by atoms with Crippen LogP contribution < -0.4 is 0 Å². The van der Waals surface area contributed by atoms with E-state index in [4.69, 9.17) is 0 Å². The smallest absolute Gasteiger partial charge is 0.0233 e. The van der Waals surface area contributed by atoms with Gasteiger partial charge in [0.05, 0.1) is 0 Å². The molecular formula is C15H21N. The van der Waals surface area contributed by atoms with Gasteiger partial charge in [0.15, 0.2) is 0 Å². The summed E-state index contributed by atoms with van der Waals surface area (Å²) in [6.07, 6.45) is 8.18. The van der Waals surface area contributed by atoms with Crippen LogP contribution in [0.2, 0.25) is 0 Å². The molecule has 1 fully saturated rings. The van der Waals surface area contributed by atoms with Gasteiger partial charge in [0.25, 0.3) is 0 Å². The third-order valence-corrected chi connectivity index (χ3v) is 4.02. The number of likely N-dealkylation sites (tertiary alicyclic amines) is 1. The first-order valence-electron chi connectivity index (χ1n) is 6.75. The Balaban J connectivity index is 1.74. The summed E-state index contributed by atoms with van der Waals surface area (Å²) in [5.41, 5.74) is 4.77. The highest BCUT2D eigenvalue weighted by Gasteiger charge is 2.13. The lowest BCUT2D eigenvalue weighted by Gasteiger charge is -2.19. The maximum Gasteiger partial charge on any atom is 0.0233 e. The highest BCUT2D eigenvalue weighted by Crippen LogP contribution is 2.23. The Hall–Kier alpha value is -0.820. The molecule has 1 heteroatoms. The SMILES string of the molecule is c1cc2c(cc1CN1CCCC1)CCCC2. The van der Waals surface area contributed by atoms with Gasteiger partial charge in [-0.1, -0.05) is 18.2 Å². The number of benzene rings is 1. The summed E-state index contributed by atoms with van der Waals surface area (Å²) in [4.78, 5) is 2.59. The van der Waals surface area contributed by atoms with Gasteiger partial charge in [0, 0.05) is 6.54 Å². The van der Waals surface area contributed by atoms with Crippen molar-refractivity contribution >= 4 is 0 Å². The summed E-state index contributed by atoms with van der Waals surface area (Å²) in [7, 11) is 0. The summed E-state index contributed by atoms with van der Waals surface area (Å²) in [5, 5.41) is 0. The molecule has 0 atom stereocenters. The molecular weight excluding hydrogens is 194 g/mol. The number of fused-ring (bicyclic) bond motifs is 1. The molecule has 0 amide bonds. The van der Waals surface area contributed by atoms with E-state index < -0.39 is 0 Å². The molecule has 2 aliphatic rings. The van der Waals surface area contributed by atoms with Crippen LogP contribution in [-0.4, -0.2) is 18.0 Å². The minimum atomic E-state index is 1.17. The highest BCUT2D eigenvalue weighted by atomic mass is 15.1. The van der Waals surface area contributed by atoms with Crippen LogP contribution in [0.5, 0.6) is 0 Å². The fourth-order valence-electron chi connectivity index (χ4n) is 3.08. The second-order valence-electron chi connectivity index (χ2n) is 5.29. The second kappa shape index (κ2) is 4.58. The molecule has 0 N–H and O–H groups in total. The highest BCUT2D eigenvalue weighted by molar-refractivity contribution is 5.33. The van der Waals surface area contributed by atoms with Crippen molar-refractivity contribution in [3.05, 3.63) is 34.9 Å². The van der Waals surface area contributed by atoms with E-state index in [1.165, 1.54) is 63.7 Å². The standard InChI is InChI=1S/C15H21N/c1-2-6-15-11-13(7-8-14(15)5-1)12-16-9-3-4-10-16/h7-8,11H,1-6,9-10,12H2. The monoisotopic (exact) mass is 215 g/mol. The van der Waals surface area contributed by atoms with Crippen molar-refractivity contribution in [2.24, 2.45) is 0 Å². The summed E-state index contributed by atoms with van der Waals surface area (Å²) < 4.78 is 0. The van der Waals surface area contributed by atoms with Crippen LogP contribution in [-0.2, 0) is 19.4 Å². The number of nitrogens with zero attached hydrogens (tertiary/aromatic N) is 1. The van der Waals surface area contributed by atoms with Crippen LogP contribution in [0.4, 0.5) is 0 Å². The van der Waals surface area contributed by atoms with Crippen LogP contribution in [0.25, 0.3) is 0 Å². The number of hydrogen-bond donors (Lipinski definition) is 0. The molecule has 3 rings (SSSR count).